The molecule has 4 aromatic rings. The third kappa shape index (κ3) is 3.89. The average molecular weight is 362 g/mol. The molecule has 0 aliphatic heterocycles. The molecule has 0 saturated carbocycles. The van der Waals surface area contributed by atoms with Crippen molar-refractivity contribution < 1.29 is 0 Å². The van der Waals surface area contributed by atoms with E-state index >= 15 is 0 Å². The molecule has 4 rings (SSSR count). The number of hydrogen-bond donors (Lipinski definition) is 2. The van der Waals surface area contributed by atoms with E-state index in [4.69, 9.17) is 11.6 Å². The molecule has 0 atom stereocenters. The van der Waals surface area contributed by atoms with Crippen LogP contribution < -0.4 is 5.32 Å². The molecule has 4 heteroatoms. The monoisotopic (exact) mass is 361 g/mol. The predicted octanol–water partition coefficient (Wildman–Crippen LogP) is 6.14. The smallest absolute Gasteiger partial charge is 0.0457 e. The first-order chi connectivity index (χ1) is 12.8. The Kier molecular flexibility index (Phi) is 4.89. The van der Waals surface area contributed by atoms with Gasteiger partial charge >= 0.3 is 0 Å². The number of nitrogens with zero attached hydrogens (tertiary/aromatic N) is 1. The van der Waals surface area contributed by atoms with E-state index in [-0.39, 0.29) is 0 Å². The molecule has 3 nitrogen and oxygen atoms in total. The lowest BCUT2D eigenvalue weighted by molar-refractivity contribution is 0.825. The van der Waals surface area contributed by atoms with Crippen LogP contribution in [0.15, 0.2) is 73.2 Å². The maximum atomic E-state index is 6.13. The summed E-state index contributed by atoms with van der Waals surface area (Å²) in [5.41, 5.74) is 5.97. The predicted molar refractivity (Wildman–Crippen MR) is 109 cm³/mol. The maximum Gasteiger partial charge on any atom is 0.0457 e. The number of halogens is 1. The van der Waals surface area contributed by atoms with E-state index in [1.165, 1.54) is 16.5 Å². The maximum absolute atomic E-state index is 6.13. The number of aromatic nitrogens is 2. The highest BCUT2D eigenvalue weighted by Crippen LogP contribution is 2.24. The molecule has 26 heavy (non-hydrogen) atoms. The Labute approximate surface area is 158 Å². The minimum Gasteiger partial charge on any atom is -0.361 e. The van der Waals surface area contributed by atoms with Gasteiger partial charge in [0.1, 0.15) is 0 Å². The van der Waals surface area contributed by atoms with Gasteiger partial charge in [0.15, 0.2) is 0 Å². The van der Waals surface area contributed by atoms with Gasteiger partial charge in [0.05, 0.1) is 0 Å². The molecule has 0 spiro atoms. The number of nitrogens with one attached hydrogen (secondary N) is 2. The average Bonchev–Trinajstić information content (AvgIpc) is 3.06. The molecule has 0 bridgehead atoms. The van der Waals surface area contributed by atoms with Crippen molar-refractivity contribution in [2.45, 2.75) is 19.3 Å². The molecule has 2 aromatic carbocycles. The van der Waals surface area contributed by atoms with Crippen LogP contribution in [0, 0.1) is 0 Å². The minimum absolute atomic E-state index is 0.788. The Morgan fingerprint density at radius 1 is 0.885 bits per heavy atom. The summed E-state index contributed by atoms with van der Waals surface area (Å²) < 4.78 is 0. The molecule has 0 fully saturated rings. The quantitative estimate of drug-likeness (QED) is 0.433. The Bertz CT molecular complexity index is 991. The SMILES string of the molecule is Clc1ccc2[nH]cc(CCCc3ccc(Nc4ccncc4)cc3)c2c1. The number of anilines is 2. The van der Waals surface area contributed by atoms with Crippen LogP contribution in [0.2, 0.25) is 5.02 Å². The highest BCUT2D eigenvalue weighted by Gasteiger charge is 2.04. The van der Waals surface area contributed by atoms with Gasteiger partial charge in [-0.1, -0.05) is 23.7 Å². The Morgan fingerprint density at radius 3 is 2.46 bits per heavy atom. The molecule has 0 radical (unpaired) electrons. The van der Waals surface area contributed by atoms with Gasteiger partial charge < -0.3 is 10.3 Å². The molecule has 2 heterocycles. The third-order valence-corrected chi connectivity index (χ3v) is 4.80. The van der Waals surface area contributed by atoms with Crippen molar-refractivity contribution in [2.24, 2.45) is 0 Å². The second-order valence-corrected chi connectivity index (χ2v) is 6.85. The van der Waals surface area contributed by atoms with Gasteiger partial charge in [-0.3, -0.25) is 4.98 Å². The van der Waals surface area contributed by atoms with E-state index in [0.717, 1.165) is 41.2 Å². The van der Waals surface area contributed by atoms with E-state index < -0.39 is 0 Å². The van der Waals surface area contributed by atoms with Crippen LogP contribution >= 0.6 is 11.6 Å². The van der Waals surface area contributed by atoms with E-state index in [0.29, 0.717) is 0 Å². The molecule has 0 aliphatic rings. The molecular formula is C22H20ClN3. The molecule has 130 valence electrons. The topological polar surface area (TPSA) is 40.7 Å². The molecule has 0 unspecified atom stereocenters. The summed E-state index contributed by atoms with van der Waals surface area (Å²) in [5.74, 6) is 0. The number of aryl methyl sites for hydroxylation is 2. The lowest BCUT2D eigenvalue weighted by atomic mass is 10.0. The fraction of sp³-hybridized carbons (Fsp3) is 0.136. The number of pyridine rings is 1. The van der Waals surface area contributed by atoms with Gasteiger partial charge in [-0.15, -0.1) is 0 Å². The molecular weight excluding hydrogens is 342 g/mol. The number of benzene rings is 2. The van der Waals surface area contributed by atoms with Crippen LogP contribution in [0.1, 0.15) is 17.5 Å². The van der Waals surface area contributed by atoms with E-state index in [1.54, 1.807) is 12.4 Å². The third-order valence-electron chi connectivity index (χ3n) is 4.56. The van der Waals surface area contributed by atoms with Crippen molar-refractivity contribution in [3.63, 3.8) is 0 Å². The Hall–Kier alpha value is -2.78. The number of hydrogen-bond acceptors (Lipinski definition) is 2. The first kappa shape index (κ1) is 16.7. The van der Waals surface area contributed by atoms with E-state index in [9.17, 15) is 0 Å². The standard InChI is InChI=1S/C22H20ClN3/c23-18-6-9-22-21(14-18)17(15-25-22)3-1-2-16-4-7-19(8-5-16)26-20-10-12-24-13-11-20/h4-15,25H,1-3H2,(H,24,26). The van der Waals surface area contributed by atoms with Gasteiger partial charge in [0.2, 0.25) is 0 Å². The molecule has 0 saturated heterocycles. The number of H-pyrrole nitrogens is 1. The molecule has 0 amide bonds. The lowest BCUT2D eigenvalue weighted by Gasteiger charge is -2.07. The number of aromatic amines is 1. The molecule has 2 N–H and O–H groups in total. The highest BCUT2D eigenvalue weighted by molar-refractivity contribution is 6.31. The largest absolute Gasteiger partial charge is 0.361 e. The highest BCUT2D eigenvalue weighted by atomic mass is 35.5. The van der Waals surface area contributed by atoms with Crippen LogP contribution in [-0.2, 0) is 12.8 Å². The van der Waals surface area contributed by atoms with Crippen LogP contribution in [0.3, 0.4) is 0 Å². The van der Waals surface area contributed by atoms with Gasteiger partial charge in [-0.2, -0.15) is 0 Å². The van der Waals surface area contributed by atoms with Gasteiger partial charge in [-0.05, 0) is 72.9 Å². The summed E-state index contributed by atoms with van der Waals surface area (Å²) in [6, 6.07) is 18.6. The van der Waals surface area contributed by atoms with Gasteiger partial charge in [0.25, 0.3) is 0 Å². The fourth-order valence-electron chi connectivity index (χ4n) is 3.20. The second kappa shape index (κ2) is 7.63. The minimum atomic E-state index is 0.788. The van der Waals surface area contributed by atoms with E-state index in [2.05, 4.69) is 45.7 Å². The first-order valence-electron chi connectivity index (χ1n) is 8.79. The van der Waals surface area contributed by atoms with Crippen molar-refractivity contribution in [2.75, 3.05) is 5.32 Å². The normalized spacial score (nSPS) is 11.0. The number of fused-ring (bicyclic) bond motifs is 1. The van der Waals surface area contributed by atoms with Crippen LogP contribution in [-0.4, -0.2) is 9.97 Å². The van der Waals surface area contributed by atoms with E-state index in [1.807, 2.05) is 30.3 Å². The van der Waals surface area contributed by atoms with Gasteiger partial charge in [-0.25, -0.2) is 0 Å². The summed E-state index contributed by atoms with van der Waals surface area (Å²) in [6.07, 6.45) is 8.88. The zero-order valence-corrected chi connectivity index (χ0v) is 15.1. The number of rotatable bonds is 6. The fourth-order valence-corrected chi connectivity index (χ4v) is 3.37. The zero-order valence-electron chi connectivity index (χ0n) is 14.4. The van der Waals surface area contributed by atoms with Gasteiger partial charge in [0, 0.05) is 45.9 Å². The van der Waals surface area contributed by atoms with Crippen LogP contribution in [0.4, 0.5) is 11.4 Å². The van der Waals surface area contributed by atoms with Crippen molar-refractivity contribution in [3.8, 4) is 0 Å². The van der Waals surface area contributed by atoms with Crippen LogP contribution in [0.5, 0.6) is 0 Å². The second-order valence-electron chi connectivity index (χ2n) is 6.42. The molecule has 0 aliphatic carbocycles. The lowest BCUT2D eigenvalue weighted by Crippen LogP contribution is -1.92. The summed E-state index contributed by atoms with van der Waals surface area (Å²) in [4.78, 5) is 7.35. The summed E-state index contributed by atoms with van der Waals surface area (Å²) >= 11 is 6.13. The van der Waals surface area contributed by atoms with Crippen molar-refractivity contribution in [1.82, 2.24) is 9.97 Å². The Balaban J connectivity index is 1.35. The van der Waals surface area contributed by atoms with Crippen LogP contribution in [0.25, 0.3) is 10.9 Å². The summed E-state index contributed by atoms with van der Waals surface area (Å²) in [7, 11) is 0. The van der Waals surface area contributed by atoms with Crippen molar-refractivity contribution in [1.29, 1.82) is 0 Å². The summed E-state index contributed by atoms with van der Waals surface area (Å²) in [5, 5.41) is 5.40. The summed E-state index contributed by atoms with van der Waals surface area (Å²) in [6.45, 7) is 0. The first-order valence-corrected chi connectivity index (χ1v) is 9.17. The molecule has 2 aromatic heterocycles. The van der Waals surface area contributed by atoms with Crippen molar-refractivity contribution in [3.05, 3.63) is 89.3 Å². The zero-order chi connectivity index (χ0) is 17.8. The van der Waals surface area contributed by atoms with Crippen molar-refractivity contribution >= 4 is 33.9 Å². The Morgan fingerprint density at radius 2 is 1.65 bits per heavy atom.